The topological polar surface area (TPSA) is 70.1 Å². The number of carbonyl (C=O) groups is 1. The Hall–Kier alpha value is -1.36. The number of hydrogen-bond donors (Lipinski definition) is 1. The van der Waals surface area contributed by atoms with E-state index < -0.39 is 12.0 Å². The van der Waals surface area contributed by atoms with E-state index in [1.807, 2.05) is 0 Å². The molecular weight excluding hydrogens is 158 g/mol. The summed E-state index contributed by atoms with van der Waals surface area (Å²) in [4.78, 5) is 14.8. The van der Waals surface area contributed by atoms with Gasteiger partial charge in [0.05, 0.1) is 25.3 Å². The van der Waals surface area contributed by atoms with E-state index >= 15 is 0 Å². The molecule has 0 spiro atoms. The molecule has 1 unspecified atom stereocenters. The fraction of sp³-hybridized carbons (Fsp3) is 0.429. The fourth-order valence-electron chi connectivity index (χ4n) is 0.915. The Morgan fingerprint density at radius 3 is 2.92 bits per heavy atom. The summed E-state index contributed by atoms with van der Waals surface area (Å²) in [6.07, 6.45) is 3.12. The molecule has 0 aliphatic rings. The molecule has 0 aromatic carbocycles. The standard InChI is InChI=1S/C7H11N3O2/c1-10-4-9-3-5(10)6(8)7(11)12-2/h3-4,6H,8H2,1-2H3. The largest absolute Gasteiger partial charge is 0.468 e. The van der Waals surface area contributed by atoms with Gasteiger partial charge >= 0.3 is 5.97 Å². The first-order chi connectivity index (χ1) is 5.66. The number of rotatable bonds is 2. The maximum absolute atomic E-state index is 11.0. The molecule has 5 nitrogen and oxygen atoms in total. The highest BCUT2D eigenvalue weighted by Gasteiger charge is 2.18. The SMILES string of the molecule is COC(=O)C(N)c1cncn1C. The number of ether oxygens (including phenoxy) is 1. The molecule has 1 rings (SSSR count). The second-order valence-corrected chi connectivity index (χ2v) is 2.43. The molecule has 0 amide bonds. The first-order valence-electron chi connectivity index (χ1n) is 3.46. The molecule has 0 saturated heterocycles. The summed E-state index contributed by atoms with van der Waals surface area (Å²) in [5.41, 5.74) is 6.20. The van der Waals surface area contributed by atoms with Crippen LogP contribution in [0.4, 0.5) is 0 Å². The summed E-state index contributed by atoms with van der Waals surface area (Å²) in [7, 11) is 3.07. The summed E-state index contributed by atoms with van der Waals surface area (Å²) < 4.78 is 6.17. The second-order valence-electron chi connectivity index (χ2n) is 2.43. The predicted molar refractivity (Wildman–Crippen MR) is 42.2 cm³/mol. The lowest BCUT2D eigenvalue weighted by atomic mass is 10.2. The average Bonchev–Trinajstić information content (AvgIpc) is 2.48. The average molecular weight is 169 g/mol. The third-order valence-corrected chi connectivity index (χ3v) is 1.63. The molecule has 1 atom stereocenters. The number of nitrogens with two attached hydrogens (primary N) is 1. The monoisotopic (exact) mass is 169 g/mol. The highest BCUT2D eigenvalue weighted by atomic mass is 16.5. The van der Waals surface area contributed by atoms with Crippen LogP contribution in [-0.4, -0.2) is 22.6 Å². The zero-order valence-electron chi connectivity index (χ0n) is 7.02. The molecule has 0 aliphatic carbocycles. The Kier molecular flexibility index (Phi) is 2.44. The molecular formula is C7H11N3O2. The lowest BCUT2D eigenvalue weighted by Gasteiger charge is -2.08. The quantitative estimate of drug-likeness (QED) is 0.611. The number of hydrogen-bond acceptors (Lipinski definition) is 4. The molecule has 1 aromatic heterocycles. The van der Waals surface area contributed by atoms with Crippen LogP contribution in [0.15, 0.2) is 12.5 Å². The van der Waals surface area contributed by atoms with Crippen molar-refractivity contribution in [3.8, 4) is 0 Å². The smallest absolute Gasteiger partial charge is 0.328 e. The number of carbonyl (C=O) groups excluding carboxylic acids is 1. The van der Waals surface area contributed by atoms with Gasteiger partial charge in [-0.15, -0.1) is 0 Å². The van der Waals surface area contributed by atoms with Crippen LogP contribution in [0.2, 0.25) is 0 Å². The zero-order chi connectivity index (χ0) is 9.14. The Morgan fingerprint density at radius 1 is 1.83 bits per heavy atom. The van der Waals surface area contributed by atoms with Gasteiger partial charge in [0.1, 0.15) is 6.04 Å². The maximum atomic E-state index is 11.0. The number of methoxy groups -OCH3 is 1. The van der Waals surface area contributed by atoms with Crippen LogP contribution in [0.1, 0.15) is 11.7 Å². The van der Waals surface area contributed by atoms with Crippen LogP contribution in [0.3, 0.4) is 0 Å². The van der Waals surface area contributed by atoms with Gasteiger partial charge in [0.2, 0.25) is 0 Å². The fourth-order valence-corrected chi connectivity index (χ4v) is 0.915. The minimum absolute atomic E-state index is 0.460. The van der Waals surface area contributed by atoms with Crippen molar-refractivity contribution in [2.24, 2.45) is 12.8 Å². The van der Waals surface area contributed by atoms with Gasteiger partial charge in [0.25, 0.3) is 0 Å². The van der Waals surface area contributed by atoms with E-state index in [-0.39, 0.29) is 0 Å². The number of imidazole rings is 1. The Morgan fingerprint density at radius 2 is 2.50 bits per heavy atom. The Bertz CT molecular complexity index is 282. The van der Waals surface area contributed by atoms with Gasteiger partial charge in [-0.05, 0) is 0 Å². The van der Waals surface area contributed by atoms with Crippen molar-refractivity contribution in [2.45, 2.75) is 6.04 Å². The summed E-state index contributed by atoms with van der Waals surface area (Å²) >= 11 is 0. The first-order valence-corrected chi connectivity index (χ1v) is 3.46. The summed E-state index contributed by atoms with van der Waals surface area (Å²) in [6, 6.07) is -0.748. The van der Waals surface area contributed by atoms with Gasteiger partial charge in [-0.25, -0.2) is 9.78 Å². The lowest BCUT2D eigenvalue weighted by Crippen LogP contribution is -2.24. The van der Waals surface area contributed by atoms with E-state index in [9.17, 15) is 4.79 Å². The molecule has 12 heavy (non-hydrogen) atoms. The third-order valence-electron chi connectivity index (χ3n) is 1.63. The lowest BCUT2D eigenvalue weighted by molar-refractivity contribution is -0.142. The van der Waals surface area contributed by atoms with Gasteiger partial charge in [-0.3, -0.25) is 0 Å². The number of aromatic nitrogens is 2. The molecule has 66 valence electrons. The van der Waals surface area contributed by atoms with Crippen molar-refractivity contribution in [3.05, 3.63) is 18.2 Å². The van der Waals surface area contributed by atoms with Gasteiger partial charge in [0.15, 0.2) is 0 Å². The Labute approximate surface area is 70.1 Å². The summed E-state index contributed by atoms with van der Waals surface area (Å²) in [6.45, 7) is 0. The van der Waals surface area contributed by atoms with Crippen LogP contribution in [0, 0.1) is 0 Å². The minimum Gasteiger partial charge on any atom is -0.468 e. The van der Waals surface area contributed by atoms with Crippen LogP contribution < -0.4 is 5.73 Å². The van der Waals surface area contributed by atoms with E-state index in [4.69, 9.17) is 5.73 Å². The van der Waals surface area contributed by atoms with Gasteiger partial charge < -0.3 is 15.0 Å². The van der Waals surface area contributed by atoms with Crippen LogP contribution >= 0.6 is 0 Å². The van der Waals surface area contributed by atoms with Crippen molar-refractivity contribution in [1.29, 1.82) is 0 Å². The molecule has 0 aliphatic heterocycles. The van der Waals surface area contributed by atoms with E-state index in [0.717, 1.165) is 0 Å². The molecule has 1 aromatic rings. The molecule has 0 bridgehead atoms. The minimum atomic E-state index is -0.748. The van der Waals surface area contributed by atoms with E-state index in [0.29, 0.717) is 5.69 Å². The van der Waals surface area contributed by atoms with Crippen LogP contribution in [0.5, 0.6) is 0 Å². The third kappa shape index (κ3) is 1.45. The van der Waals surface area contributed by atoms with Gasteiger partial charge in [-0.2, -0.15) is 0 Å². The maximum Gasteiger partial charge on any atom is 0.328 e. The van der Waals surface area contributed by atoms with Gasteiger partial charge in [0, 0.05) is 7.05 Å². The predicted octanol–water partition coefficient (Wildman–Crippen LogP) is -0.407. The molecule has 2 N–H and O–H groups in total. The van der Waals surface area contributed by atoms with Crippen molar-refractivity contribution < 1.29 is 9.53 Å². The van der Waals surface area contributed by atoms with Crippen molar-refractivity contribution in [1.82, 2.24) is 9.55 Å². The zero-order valence-corrected chi connectivity index (χ0v) is 7.02. The van der Waals surface area contributed by atoms with Gasteiger partial charge in [-0.1, -0.05) is 0 Å². The van der Waals surface area contributed by atoms with E-state index in [2.05, 4.69) is 9.72 Å². The summed E-state index contributed by atoms with van der Waals surface area (Å²) in [5.74, 6) is -0.460. The first kappa shape index (κ1) is 8.73. The number of nitrogens with zero attached hydrogens (tertiary/aromatic N) is 2. The van der Waals surface area contributed by atoms with E-state index in [1.54, 1.807) is 24.1 Å². The molecule has 1 heterocycles. The highest BCUT2D eigenvalue weighted by Crippen LogP contribution is 2.08. The molecule has 0 radical (unpaired) electrons. The van der Waals surface area contributed by atoms with Crippen molar-refractivity contribution in [2.75, 3.05) is 7.11 Å². The molecule has 5 heteroatoms. The Balaban J connectivity index is 2.84. The molecule has 0 saturated carbocycles. The molecule has 0 fully saturated rings. The second kappa shape index (κ2) is 3.36. The van der Waals surface area contributed by atoms with Crippen molar-refractivity contribution in [3.63, 3.8) is 0 Å². The van der Waals surface area contributed by atoms with Crippen molar-refractivity contribution >= 4 is 5.97 Å². The van der Waals surface area contributed by atoms with Crippen LogP contribution in [0.25, 0.3) is 0 Å². The normalized spacial score (nSPS) is 12.6. The van der Waals surface area contributed by atoms with E-state index in [1.165, 1.54) is 7.11 Å². The highest BCUT2D eigenvalue weighted by molar-refractivity contribution is 5.76. The number of esters is 1. The summed E-state index contributed by atoms with van der Waals surface area (Å²) in [5, 5.41) is 0. The number of aryl methyl sites for hydroxylation is 1. The van der Waals surface area contributed by atoms with Crippen LogP contribution in [-0.2, 0) is 16.6 Å².